The lowest BCUT2D eigenvalue weighted by molar-refractivity contribution is -0.966. The van der Waals surface area contributed by atoms with Crippen molar-refractivity contribution in [2.75, 3.05) is 26.2 Å². The molecule has 0 radical (unpaired) electrons. The van der Waals surface area contributed by atoms with Crippen LogP contribution in [0, 0.1) is 10.8 Å². The minimum atomic E-state index is 0.570. The largest absolute Gasteiger partial charge is 0.334 e. The van der Waals surface area contributed by atoms with E-state index in [2.05, 4.69) is 51.1 Å². The number of fused-ring (bicyclic) bond motifs is 2. The van der Waals surface area contributed by atoms with Crippen LogP contribution in [0.5, 0.6) is 0 Å². The molecule has 25 heavy (non-hydrogen) atoms. The Morgan fingerprint density at radius 2 is 1.68 bits per heavy atom. The van der Waals surface area contributed by atoms with Gasteiger partial charge in [0.15, 0.2) is 0 Å². The Bertz CT molecular complexity index is 573. The topological polar surface area (TPSA) is 8.88 Å². The third-order valence-corrected chi connectivity index (χ3v) is 7.43. The van der Waals surface area contributed by atoms with Crippen molar-refractivity contribution in [2.45, 2.75) is 71.4 Å². The number of likely N-dealkylation sites (tertiary alicyclic amines) is 2. The van der Waals surface area contributed by atoms with Crippen LogP contribution in [0.1, 0.15) is 58.4 Å². The highest BCUT2D eigenvalue weighted by Gasteiger charge is 2.54. The van der Waals surface area contributed by atoms with Gasteiger partial charge in [0.05, 0.1) is 38.3 Å². The molecule has 2 bridgehead atoms. The van der Waals surface area contributed by atoms with Crippen LogP contribution in [0.25, 0.3) is 0 Å². The molecule has 2 heterocycles. The number of hydrogen-bond acceptors (Lipinski definition) is 0. The summed E-state index contributed by atoms with van der Waals surface area (Å²) in [4.78, 5) is 3.84. The minimum absolute atomic E-state index is 0.570. The fourth-order valence-electron chi connectivity index (χ4n) is 6.76. The second-order valence-electron chi connectivity index (χ2n) is 10.5. The zero-order valence-corrected chi connectivity index (χ0v) is 16.6. The van der Waals surface area contributed by atoms with E-state index in [1.165, 1.54) is 70.3 Å². The molecule has 2 nitrogen and oxygen atoms in total. The van der Waals surface area contributed by atoms with E-state index in [1.807, 2.05) is 9.80 Å². The average molecular weight is 343 g/mol. The SMILES string of the molecule is CC1(C)C[C@@H]2C[C@@](C)(C[NH+]2C2CC[NH+](CCc3ccccc3)CC2)C1. The maximum Gasteiger partial charge on any atom is 0.0985 e. The van der Waals surface area contributed by atoms with Crippen LogP contribution in [0.3, 0.4) is 0 Å². The molecule has 3 fully saturated rings. The van der Waals surface area contributed by atoms with Gasteiger partial charge in [-0.2, -0.15) is 0 Å². The molecule has 4 rings (SSSR count). The zero-order valence-electron chi connectivity index (χ0n) is 16.6. The van der Waals surface area contributed by atoms with Gasteiger partial charge in [0.1, 0.15) is 0 Å². The molecule has 1 aromatic carbocycles. The molecule has 1 aromatic rings. The normalized spacial score (nSPS) is 40.1. The van der Waals surface area contributed by atoms with E-state index in [1.54, 1.807) is 0 Å². The summed E-state index contributed by atoms with van der Waals surface area (Å²) >= 11 is 0. The van der Waals surface area contributed by atoms with E-state index in [4.69, 9.17) is 0 Å². The van der Waals surface area contributed by atoms with Crippen molar-refractivity contribution in [3.05, 3.63) is 35.9 Å². The summed E-state index contributed by atoms with van der Waals surface area (Å²) in [5.74, 6) is 0. The Balaban J connectivity index is 1.29. The van der Waals surface area contributed by atoms with Crippen LogP contribution in [0.15, 0.2) is 30.3 Å². The van der Waals surface area contributed by atoms with Gasteiger partial charge in [0, 0.05) is 37.5 Å². The zero-order chi connectivity index (χ0) is 17.5. The van der Waals surface area contributed by atoms with E-state index >= 15 is 0 Å². The van der Waals surface area contributed by atoms with Crippen molar-refractivity contribution in [1.82, 2.24) is 0 Å². The van der Waals surface area contributed by atoms with Crippen molar-refractivity contribution in [1.29, 1.82) is 0 Å². The van der Waals surface area contributed by atoms with Gasteiger partial charge in [-0.15, -0.1) is 0 Å². The average Bonchev–Trinajstić information content (AvgIpc) is 2.83. The lowest BCUT2D eigenvalue weighted by Crippen LogP contribution is -3.21. The summed E-state index contributed by atoms with van der Waals surface area (Å²) in [5, 5.41) is 0. The first-order valence-electron chi connectivity index (χ1n) is 10.7. The molecule has 0 amide bonds. The third kappa shape index (κ3) is 3.95. The molecule has 2 aliphatic heterocycles. The first-order valence-corrected chi connectivity index (χ1v) is 10.7. The number of quaternary nitrogens is 2. The van der Waals surface area contributed by atoms with Crippen LogP contribution >= 0.6 is 0 Å². The van der Waals surface area contributed by atoms with Crippen LogP contribution in [-0.4, -0.2) is 38.3 Å². The first-order chi connectivity index (χ1) is 11.9. The molecule has 138 valence electrons. The molecule has 0 spiro atoms. The summed E-state index contributed by atoms with van der Waals surface area (Å²) in [6, 6.07) is 12.9. The molecule has 2 saturated heterocycles. The predicted octanol–water partition coefficient (Wildman–Crippen LogP) is 1.76. The minimum Gasteiger partial charge on any atom is -0.334 e. The Hall–Kier alpha value is -0.860. The molecule has 1 saturated carbocycles. The third-order valence-electron chi connectivity index (χ3n) is 7.43. The van der Waals surface area contributed by atoms with Gasteiger partial charge < -0.3 is 9.80 Å². The second-order valence-corrected chi connectivity index (χ2v) is 10.5. The fourth-order valence-corrected chi connectivity index (χ4v) is 6.76. The predicted molar refractivity (Wildman–Crippen MR) is 104 cm³/mol. The van der Waals surface area contributed by atoms with Gasteiger partial charge in [-0.3, -0.25) is 0 Å². The van der Waals surface area contributed by atoms with Gasteiger partial charge in [0.2, 0.25) is 0 Å². The smallest absolute Gasteiger partial charge is 0.0985 e. The lowest BCUT2D eigenvalue weighted by Gasteiger charge is -2.38. The first kappa shape index (κ1) is 17.5. The highest BCUT2D eigenvalue weighted by Crippen LogP contribution is 2.47. The van der Waals surface area contributed by atoms with E-state index in [9.17, 15) is 0 Å². The second kappa shape index (κ2) is 6.70. The van der Waals surface area contributed by atoms with E-state index in [0.29, 0.717) is 10.8 Å². The molecule has 2 heteroatoms. The number of piperidine rings is 1. The Morgan fingerprint density at radius 3 is 2.40 bits per heavy atom. The molecule has 3 atom stereocenters. The number of hydrogen-bond donors (Lipinski definition) is 2. The summed E-state index contributed by atoms with van der Waals surface area (Å²) in [5.41, 5.74) is 2.70. The van der Waals surface area contributed by atoms with E-state index < -0.39 is 0 Å². The van der Waals surface area contributed by atoms with Crippen molar-refractivity contribution in [3.8, 4) is 0 Å². The number of benzene rings is 1. The van der Waals surface area contributed by atoms with Crippen molar-refractivity contribution >= 4 is 0 Å². The van der Waals surface area contributed by atoms with E-state index in [-0.39, 0.29) is 0 Å². The summed E-state index contributed by atoms with van der Waals surface area (Å²) < 4.78 is 0. The maximum atomic E-state index is 2.58. The van der Waals surface area contributed by atoms with Crippen LogP contribution in [-0.2, 0) is 6.42 Å². The Morgan fingerprint density at radius 1 is 0.960 bits per heavy atom. The maximum absolute atomic E-state index is 2.58. The van der Waals surface area contributed by atoms with Crippen molar-refractivity contribution in [2.24, 2.45) is 10.8 Å². The summed E-state index contributed by atoms with van der Waals surface area (Å²) in [7, 11) is 0. The van der Waals surface area contributed by atoms with E-state index in [0.717, 1.165) is 12.1 Å². The lowest BCUT2D eigenvalue weighted by atomic mass is 9.65. The van der Waals surface area contributed by atoms with Gasteiger partial charge in [-0.1, -0.05) is 51.1 Å². The van der Waals surface area contributed by atoms with Crippen LogP contribution < -0.4 is 9.80 Å². The van der Waals surface area contributed by atoms with Gasteiger partial charge in [0.25, 0.3) is 0 Å². The molecular formula is C23H38N2+2. The van der Waals surface area contributed by atoms with Crippen LogP contribution in [0.2, 0.25) is 0 Å². The molecule has 2 N–H and O–H groups in total. The molecule has 3 aliphatic rings. The fraction of sp³-hybridized carbons (Fsp3) is 0.739. The van der Waals surface area contributed by atoms with Crippen molar-refractivity contribution in [3.63, 3.8) is 0 Å². The quantitative estimate of drug-likeness (QED) is 0.825. The van der Waals surface area contributed by atoms with Gasteiger partial charge in [-0.05, 0) is 17.4 Å². The summed E-state index contributed by atoms with van der Waals surface area (Å²) in [6.07, 6.45) is 8.54. The Kier molecular flexibility index (Phi) is 4.70. The Labute approximate surface area is 154 Å². The number of nitrogens with one attached hydrogen (secondary N) is 2. The molecule has 0 aromatic heterocycles. The number of rotatable bonds is 4. The monoisotopic (exact) mass is 342 g/mol. The highest BCUT2D eigenvalue weighted by atomic mass is 15.3. The molecule has 1 aliphatic carbocycles. The van der Waals surface area contributed by atoms with Gasteiger partial charge in [-0.25, -0.2) is 0 Å². The summed E-state index contributed by atoms with van der Waals surface area (Å²) in [6.45, 7) is 13.2. The van der Waals surface area contributed by atoms with Crippen molar-refractivity contribution < 1.29 is 9.80 Å². The highest BCUT2D eigenvalue weighted by molar-refractivity contribution is 5.14. The van der Waals surface area contributed by atoms with Gasteiger partial charge >= 0.3 is 0 Å². The van der Waals surface area contributed by atoms with Crippen LogP contribution in [0.4, 0.5) is 0 Å². The standard InChI is InChI=1S/C23H36N2/c1-22(2)15-21-16-23(3,17-22)18-25(21)20-10-13-24(14-11-20)12-9-19-7-5-4-6-8-19/h4-8,20-21H,9-18H2,1-3H3/p+2/t21-,23-/m1/s1. The molecular weight excluding hydrogens is 304 g/mol. The molecule has 1 unspecified atom stereocenters.